The third-order valence-electron chi connectivity index (χ3n) is 1.88. The lowest BCUT2D eigenvalue weighted by Crippen LogP contribution is -2.14. The van der Waals surface area contributed by atoms with Crippen molar-refractivity contribution < 1.29 is 4.79 Å². The molecule has 0 aliphatic heterocycles. The summed E-state index contributed by atoms with van der Waals surface area (Å²) in [5.41, 5.74) is 5.47. The molecule has 82 valence electrons. The molecule has 0 saturated carbocycles. The minimum atomic E-state index is -0.551. The molecule has 7 heteroatoms. The summed E-state index contributed by atoms with van der Waals surface area (Å²) in [6, 6.07) is 3.51. The van der Waals surface area contributed by atoms with E-state index in [1.807, 2.05) is 7.05 Å². The highest BCUT2D eigenvalue weighted by molar-refractivity contribution is 7.99. The van der Waals surface area contributed by atoms with Crippen LogP contribution in [0.15, 0.2) is 34.7 Å². The van der Waals surface area contributed by atoms with Gasteiger partial charge in [-0.25, -0.2) is 4.98 Å². The first kappa shape index (κ1) is 10.6. The molecule has 2 aromatic rings. The first-order valence-corrected chi connectivity index (χ1v) is 5.27. The molecule has 6 nitrogen and oxygen atoms in total. The number of carbonyl (C=O) groups is 1. The molecule has 0 unspecified atom stereocenters. The number of carbonyl (C=O) groups excluding carboxylic acids is 1. The molecule has 0 bridgehead atoms. The zero-order chi connectivity index (χ0) is 11.5. The highest BCUT2D eigenvalue weighted by Gasteiger charge is 2.12. The highest BCUT2D eigenvalue weighted by atomic mass is 32.2. The van der Waals surface area contributed by atoms with Crippen molar-refractivity contribution in [3.05, 3.63) is 30.4 Å². The number of hydrogen-bond acceptors (Lipinski definition) is 5. The molecule has 2 rings (SSSR count). The van der Waals surface area contributed by atoms with Gasteiger partial charge < -0.3 is 10.3 Å². The van der Waals surface area contributed by atoms with Crippen molar-refractivity contribution in [3.8, 4) is 0 Å². The average molecular weight is 235 g/mol. The number of primary amides is 1. The maximum Gasteiger partial charge on any atom is 0.268 e. The Morgan fingerprint density at radius 1 is 1.56 bits per heavy atom. The summed E-state index contributed by atoms with van der Waals surface area (Å²) in [5, 5.41) is 8.33. The van der Waals surface area contributed by atoms with E-state index in [-0.39, 0.29) is 5.69 Å². The van der Waals surface area contributed by atoms with E-state index < -0.39 is 5.91 Å². The molecule has 2 N–H and O–H groups in total. The third kappa shape index (κ3) is 2.03. The second-order valence-corrected chi connectivity index (χ2v) is 4.05. The van der Waals surface area contributed by atoms with Crippen LogP contribution in [0.5, 0.6) is 0 Å². The Morgan fingerprint density at radius 2 is 2.38 bits per heavy atom. The van der Waals surface area contributed by atoms with Crippen LogP contribution in [0.1, 0.15) is 10.5 Å². The highest BCUT2D eigenvalue weighted by Crippen LogP contribution is 2.26. The summed E-state index contributed by atoms with van der Waals surface area (Å²) < 4.78 is 1.75. The smallest absolute Gasteiger partial charge is 0.268 e. The van der Waals surface area contributed by atoms with Crippen LogP contribution in [0.2, 0.25) is 0 Å². The Labute approximate surface area is 95.9 Å². The maximum atomic E-state index is 11.1. The molecule has 2 heterocycles. The molecule has 1 amide bonds. The number of pyridine rings is 1. The quantitative estimate of drug-likeness (QED) is 0.835. The Balaban J connectivity index is 2.35. The van der Waals surface area contributed by atoms with Crippen molar-refractivity contribution >= 4 is 17.7 Å². The van der Waals surface area contributed by atoms with Gasteiger partial charge in [-0.2, -0.15) is 0 Å². The molecule has 0 atom stereocenters. The van der Waals surface area contributed by atoms with Crippen molar-refractivity contribution in [2.75, 3.05) is 0 Å². The Bertz CT molecular complexity index is 524. The predicted octanol–water partition coefficient (Wildman–Crippen LogP) is 0.460. The normalized spacial score (nSPS) is 10.3. The molecule has 0 aliphatic carbocycles. The Morgan fingerprint density at radius 3 is 3.00 bits per heavy atom. The van der Waals surface area contributed by atoms with E-state index in [4.69, 9.17) is 5.73 Å². The van der Waals surface area contributed by atoms with Crippen LogP contribution in [0, 0.1) is 0 Å². The second-order valence-electron chi connectivity index (χ2n) is 3.04. The topological polar surface area (TPSA) is 86.7 Å². The van der Waals surface area contributed by atoms with Gasteiger partial charge in [0.15, 0.2) is 5.16 Å². The standard InChI is InChI=1S/C9H9N5OS/c1-14-5-12-13-9(14)16-6-3-2-4-11-7(6)8(10)15/h2-5H,1H3,(H2,10,15). The summed E-state index contributed by atoms with van der Waals surface area (Å²) >= 11 is 1.30. The van der Waals surface area contributed by atoms with E-state index in [9.17, 15) is 4.79 Å². The monoisotopic (exact) mass is 235 g/mol. The zero-order valence-corrected chi connectivity index (χ0v) is 9.31. The van der Waals surface area contributed by atoms with Gasteiger partial charge in [-0.1, -0.05) is 0 Å². The number of nitrogens with zero attached hydrogens (tertiary/aromatic N) is 4. The number of nitrogens with two attached hydrogens (primary N) is 1. The molecule has 0 aliphatic rings. The first-order chi connectivity index (χ1) is 7.68. The van der Waals surface area contributed by atoms with Gasteiger partial charge in [0.05, 0.1) is 0 Å². The van der Waals surface area contributed by atoms with Gasteiger partial charge >= 0.3 is 0 Å². The molecular formula is C9H9N5OS. The molecule has 0 spiro atoms. The lowest BCUT2D eigenvalue weighted by molar-refractivity contribution is 0.0992. The fourth-order valence-corrected chi connectivity index (χ4v) is 1.99. The van der Waals surface area contributed by atoms with E-state index in [2.05, 4.69) is 15.2 Å². The van der Waals surface area contributed by atoms with Gasteiger partial charge in [0.1, 0.15) is 12.0 Å². The fourth-order valence-electron chi connectivity index (χ4n) is 1.12. The van der Waals surface area contributed by atoms with Crippen LogP contribution >= 0.6 is 11.8 Å². The number of amides is 1. The first-order valence-electron chi connectivity index (χ1n) is 4.45. The van der Waals surface area contributed by atoms with Crippen molar-refractivity contribution in [1.82, 2.24) is 19.7 Å². The number of rotatable bonds is 3. The van der Waals surface area contributed by atoms with Crippen molar-refractivity contribution in [3.63, 3.8) is 0 Å². The van der Waals surface area contributed by atoms with E-state index in [0.717, 1.165) is 0 Å². The predicted molar refractivity (Wildman–Crippen MR) is 57.9 cm³/mol. The molecular weight excluding hydrogens is 226 g/mol. The van der Waals surface area contributed by atoms with Crippen molar-refractivity contribution in [2.45, 2.75) is 10.1 Å². The van der Waals surface area contributed by atoms with Gasteiger partial charge in [0.2, 0.25) is 0 Å². The van der Waals surface area contributed by atoms with E-state index in [1.54, 1.807) is 23.0 Å². The van der Waals surface area contributed by atoms with E-state index in [1.165, 1.54) is 18.0 Å². The van der Waals surface area contributed by atoms with Crippen LogP contribution in [0.4, 0.5) is 0 Å². The van der Waals surface area contributed by atoms with Gasteiger partial charge in [0.25, 0.3) is 5.91 Å². The maximum absolute atomic E-state index is 11.1. The minimum absolute atomic E-state index is 0.246. The lowest BCUT2D eigenvalue weighted by Gasteiger charge is -2.03. The Kier molecular flexibility index (Phi) is 2.86. The summed E-state index contributed by atoms with van der Waals surface area (Å²) in [4.78, 5) is 15.7. The van der Waals surface area contributed by atoms with Crippen LogP contribution < -0.4 is 5.73 Å². The lowest BCUT2D eigenvalue weighted by atomic mass is 10.3. The average Bonchev–Trinajstić information content (AvgIpc) is 2.65. The number of aromatic nitrogens is 4. The molecule has 0 aromatic carbocycles. The summed E-state index contributed by atoms with van der Waals surface area (Å²) in [6.45, 7) is 0. The zero-order valence-electron chi connectivity index (χ0n) is 8.49. The van der Waals surface area contributed by atoms with Crippen molar-refractivity contribution in [1.29, 1.82) is 0 Å². The third-order valence-corrected chi connectivity index (χ3v) is 2.98. The summed E-state index contributed by atoms with van der Waals surface area (Å²) in [7, 11) is 1.82. The van der Waals surface area contributed by atoms with Gasteiger partial charge in [0, 0.05) is 18.1 Å². The second kappa shape index (κ2) is 4.31. The van der Waals surface area contributed by atoms with Gasteiger partial charge in [-0.05, 0) is 23.9 Å². The number of aryl methyl sites for hydroxylation is 1. The van der Waals surface area contributed by atoms with Crippen LogP contribution in [0.3, 0.4) is 0 Å². The van der Waals surface area contributed by atoms with Crippen LogP contribution in [-0.2, 0) is 7.05 Å². The summed E-state index contributed by atoms with van der Waals surface area (Å²) in [6.07, 6.45) is 3.11. The van der Waals surface area contributed by atoms with E-state index in [0.29, 0.717) is 10.1 Å². The molecule has 0 radical (unpaired) electrons. The SMILES string of the molecule is Cn1cnnc1Sc1cccnc1C(N)=O. The molecule has 0 saturated heterocycles. The Hall–Kier alpha value is -1.89. The molecule has 0 fully saturated rings. The van der Waals surface area contributed by atoms with Crippen molar-refractivity contribution in [2.24, 2.45) is 12.8 Å². The minimum Gasteiger partial charge on any atom is -0.364 e. The van der Waals surface area contributed by atoms with Crippen LogP contribution in [0.25, 0.3) is 0 Å². The molecule has 16 heavy (non-hydrogen) atoms. The fraction of sp³-hybridized carbons (Fsp3) is 0.111. The largest absolute Gasteiger partial charge is 0.364 e. The van der Waals surface area contributed by atoms with Gasteiger partial charge in [-0.3, -0.25) is 4.79 Å². The molecule has 2 aromatic heterocycles. The number of hydrogen-bond donors (Lipinski definition) is 1. The van der Waals surface area contributed by atoms with E-state index >= 15 is 0 Å². The van der Waals surface area contributed by atoms with Gasteiger partial charge in [-0.15, -0.1) is 10.2 Å². The van der Waals surface area contributed by atoms with Crippen LogP contribution in [-0.4, -0.2) is 25.7 Å². The summed E-state index contributed by atoms with van der Waals surface area (Å²) in [5.74, 6) is -0.551.